The fraction of sp³-hybridized carbons (Fsp3) is 0.130. The summed E-state index contributed by atoms with van der Waals surface area (Å²) in [5, 5.41) is 5.33. The van der Waals surface area contributed by atoms with Crippen molar-refractivity contribution in [2.24, 2.45) is 0 Å². The first-order chi connectivity index (χ1) is 15.9. The van der Waals surface area contributed by atoms with Crippen molar-refractivity contribution in [3.8, 4) is 0 Å². The van der Waals surface area contributed by atoms with Gasteiger partial charge in [-0.3, -0.25) is 14.3 Å². The molecule has 3 aromatic carbocycles. The Hall–Kier alpha value is -3.86. The van der Waals surface area contributed by atoms with E-state index in [0.717, 1.165) is 17.7 Å². The minimum absolute atomic E-state index is 0.198. The monoisotopic (exact) mass is 491 g/mol. The van der Waals surface area contributed by atoms with E-state index in [0.29, 0.717) is 11.8 Å². The molecule has 2 amide bonds. The van der Waals surface area contributed by atoms with Crippen LogP contribution in [0.15, 0.2) is 77.7 Å². The fourth-order valence-corrected chi connectivity index (χ4v) is 4.00. The number of anilines is 2. The Kier molecular flexibility index (Phi) is 7.26. The van der Waals surface area contributed by atoms with Crippen LogP contribution >= 0.6 is 0 Å². The van der Waals surface area contributed by atoms with E-state index in [1.54, 1.807) is 24.3 Å². The predicted molar refractivity (Wildman–Crippen MR) is 121 cm³/mol. The van der Waals surface area contributed by atoms with Crippen LogP contribution in [-0.2, 0) is 27.5 Å². The number of amides is 2. The first-order valence-electron chi connectivity index (χ1n) is 9.89. The minimum atomic E-state index is -4.61. The van der Waals surface area contributed by atoms with Gasteiger partial charge < -0.3 is 10.6 Å². The van der Waals surface area contributed by atoms with Gasteiger partial charge in [0.15, 0.2) is 0 Å². The summed E-state index contributed by atoms with van der Waals surface area (Å²) in [6.45, 7) is 1.60. The number of carbonyl (C=O) groups excluding carboxylic acids is 2. The maximum Gasteiger partial charge on any atom is 0.416 e. The van der Waals surface area contributed by atoms with Gasteiger partial charge in [0.1, 0.15) is 0 Å². The van der Waals surface area contributed by atoms with Crippen molar-refractivity contribution in [1.29, 1.82) is 0 Å². The van der Waals surface area contributed by atoms with Crippen LogP contribution in [0.2, 0.25) is 0 Å². The molecule has 0 spiro atoms. The Morgan fingerprint density at radius 1 is 0.882 bits per heavy atom. The van der Waals surface area contributed by atoms with Gasteiger partial charge in [-0.25, -0.2) is 8.42 Å². The van der Waals surface area contributed by atoms with Crippen LogP contribution in [0, 0.1) is 0 Å². The summed E-state index contributed by atoms with van der Waals surface area (Å²) < 4.78 is 65.7. The summed E-state index contributed by atoms with van der Waals surface area (Å²) in [6.07, 6.45) is -4.61. The number of hydrogen-bond donors (Lipinski definition) is 3. The molecule has 0 fully saturated rings. The fourth-order valence-electron chi connectivity index (χ4n) is 2.95. The zero-order valence-electron chi connectivity index (χ0n) is 17.8. The molecule has 0 bridgehead atoms. The zero-order valence-corrected chi connectivity index (χ0v) is 18.6. The van der Waals surface area contributed by atoms with Crippen LogP contribution in [0.25, 0.3) is 0 Å². The smallest absolute Gasteiger partial charge is 0.348 e. The third kappa shape index (κ3) is 6.58. The van der Waals surface area contributed by atoms with E-state index in [9.17, 15) is 31.2 Å². The SMILES string of the molecule is CC(=O)Nc1ccc(CNC(=O)c2ccc(S(=O)(=O)Nc3cccc(C(F)(F)F)c3)cc2)cc1. The van der Waals surface area contributed by atoms with E-state index in [2.05, 4.69) is 15.4 Å². The van der Waals surface area contributed by atoms with E-state index in [-0.39, 0.29) is 28.6 Å². The number of nitrogens with one attached hydrogen (secondary N) is 3. The van der Waals surface area contributed by atoms with Crippen molar-refractivity contribution in [3.05, 3.63) is 89.5 Å². The lowest BCUT2D eigenvalue weighted by atomic mass is 10.2. The molecule has 3 aromatic rings. The highest BCUT2D eigenvalue weighted by Crippen LogP contribution is 2.31. The summed E-state index contributed by atoms with van der Waals surface area (Å²) in [5.41, 5.74) is 0.392. The second-order valence-electron chi connectivity index (χ2n) is 7.27. The third-order valence-electron chi connectivity index (χ3n) is 4.60. The van der Waals surface area contributed by atoms with Crippen LogP contribution in [0.4, 0.5) is 24.5 Å². The Bertz CT molecular complexity index is 1290. The van der Waals surface area contributed by atoms with Crippen LogP contribution in [-0.4, -0.2) is 20.2 Å². The molecular formula is C23H20F3N3O4S. The molecule has 0 radical (unpaired) electrons. The van der Waals surface area contributed by atoms with Gasteiger partial charge >= 0.3 is 6.18 Å². The first-order valence-corrected chi connectivity index (χ1v) is 11.4. The van der Waals surface area contributed by atoms with Gasteiger partial charge in [0.05, 0.1) is 10.5 Å². The number of sulfonamides is 1. The lowest BCUT2D eigenvalue weighted by molar-refractivity contribution is -0.137. The molecule has 7 nitrogen and oxygen atoms in total. The van der Waals surface area contributed by atoms with Crippen LogP contribution in [0.1, 0.15) is 28.4 Å². The summed E-state index contributed by atoms with van der Waals surface area (Å²) in [4.78, 5) is 23.2. The van der Waals surface area contributed by atoms with Crippen molar-refractivity contribution in [2.45, 2.75) is 24.5 Å². The van der Waals surface area contributed by atoms with E-state index in [1.165, 1.54) is 37.3 Å². The van der Waals surface area contributed by atoms with Gasteiger partial charge in [-0.15, -0.1) is 0 Å². The number of benzene rings is 3. The van der Waals surface area contributed by atoms with Gasteiger partial charge in [-0.1, -0.05) is 18.2 Å². The molecule has 3 rings (SSSR count). The second-order valence-corrected chi connectivity index (χ2v) is 8.95. The predicted octanol–water partition coefficient (Wildman–Crippen LogP) is 4.39. The van der Waals surface area contributed by atoms with Crippen molar-refractivity contribution in [1.82, 2.24) is 5.32 Å². The van der Waals surface area contributed by atoms with Gasteiger partial charge in [0.2, 0.25) is 5.91 Å². The van der Waals surface area contributed by atoms with Gasteiger partial charge in [0, 0.05) is 30.4 Å². The molecule has 0 saturated heterocycles. The molecule has 34 heavy (non-hydrogen) atoms. The highest BCUT2D eigenvalue weighted by Gasteiger charge is 2.30. The van der Waals surface area contributed by atoms with E-state index in [4.69, 9.17) is 0 Å². The highest BCUT2D eigenvalue weighted by molar-refractivity contribution is 7.92. The number of rotatable bonds is 7. The Labute approximate surface area is 194 Å². The number of halogens is 3. The molecule has 3 N–H and O–H groups in total. The largest absolute Gasteiger partial charge is 0.416 e. The Morgan fingerprint density at radius 3 is 2.12 bits per heavy atom. The van der Waals surface area contributed by atoms with Crippen LogP contribution < -0.4 is 15.4 Å². The van der Waals surface area contributed by atoms with Crippen LogP contribution in [0.5, 0.6) is 0 Å². The van der Waals surface area contributed by atoms with Crippen molar-refractivity contribution in [3.63, 3.8) is 0 Å². The number of hydrogen-bond acceptors (Lipinski definition) is 4. The summed E-state index contributed by atoms with van der Waals surface area (Å²) in [7, 11) is -4.17. The summed E-state index contributed by atoms with van der Waals surface area (Å²) in [6, 6.07) is 15.7. The summed E-state index contributed by atoms with van der Waals surface area (Å²) >= 11 is 0. The number of carbonyl (C=O) groups is 2. The maximum absolute atomic E-state index is 12.8. The zero-order chi connectivity index (χ0) is 24.9. The minimum Gasteiger partial charge on any atom is -0.348 e. The standard InChI is InChI=1S/C23H20F3N3O4S/c1-15(30)28-19-9-5-16(6-10-19)14-27-22(31)17-7-11-21(12-8-17)34(32,33)29-20-4-2-3-18(13-20)23(24,25)26/h2-13,29H,14H2,1H3,(H,27,31)(H,28,30). The molecule has 0 unspecified atom stereocenters. The normalized spacial score (nSPS) is 11.5. The topological polar surface area (TPSA) is 104 Å². The Morgan fingerprint density at radius 2 is 1.53 bits per heavy atom. The highest BCUT2D eigenvalue weighted by atomic mass is 32.2. The average molecular weight is 491 g/mol. The Balaban J connectivity index is 1.63. The molecule has 0 aliphatic rings. The molecule has 0 aliphatic carbocycles. The molecule has 0 heterocycles. The van der Waals surface area contributed by atoms with Crippen molar-refractivity contribution >= 4 is 33.2 Å². The lowest BCUT2D eigenvalue weighted by Gasteiger charge is -2.12. The molecule has 0 atom stereocenters. The summed E-state index contributed by atoms with van der Waals surface area (Å²) in [5.74, 6) is -0.641. The molecule has 178 valence electrons. The van der Waals surface area contributed by atoms with Gasteiger partial charge in [0.25, 0.3) is 15.9 Å². The third-order valence-corrected chi connectivity index (χ3v) is 5.99. The molecular weight excluding hydrogens is 471 g/mol. The van der Waals surface area contributed by atoms with E-state index in [1.807, 2.05) is 0 Å². The van der Waals surface area contributed by atoms with Crippen molar-refractivity contribution in [2.75, 3.05) is 10.0 Å². The molecule has 0 saturated carbocycles. The molecule has 0 aromatic heterocycles. The van der Waals surface area contributed by atoms with Gasteiger partial charge in [-0.2, -0.15) is 13.2 Å². The quantitative estimate of drug-likeness (QED) is 0.456. The molecule has 0 aliphatic heterocycles. The maximum atomic E-state index is 12.8. The van der Waals surface area contributed by atoms with Crippen molar-refractivity contribution < 1.29 is 31.2 Å². The van der Waals surface area contributed by atoms with E-state index >= 15 is 0 Å². The lowest BCUT2D eigenvalue weighted by Crippen LogP contribution is -2.23. The van der Waals surface area contributed by atoms with Crippen LogP contribution in [0.3, 0.4) is 0 Å². The number of alkyl halides is 3. The van der Waals surface area contributed by atoms with E-state index < -0.39 is 27.7 Å². The van der Waals surface area contributed by atoms with Gasteiger partial charge in [-0.05, 0) is 60.2 Å². The first kappa shape index (κ1) is 24.8. The average Bonchev–Trinajstić information content (AvgIpc) is 2.77. The second kappa shape index (κ2) is 9.96. The molecule has 11 heteroatoms.